The summed E-state index contributed by atoms with van der Waals surface area (Å²) in [6, 6.07) is 2.15. The summed E-state index contributed by atoms with van der Waals surface area (Å²) in [6.45, 7) is 3.39. The molecule has 0 spiro atoms. The van der Waals surface area contributed by atoms with Crippen molar-refractivity contribution in [3.63, 3.8) is 0 Å². The SMILES string of the molecule is O=C(O)c1cc(O)cc(=O)n1CCCN1CCCC1. The van der Waals surface area contributed by atoms with Gasteiger partial charge in [0.15, 0.2) is 0 Å². The highest BCUT2D eigenvalue weighted by Gasteiger charge is 2.14. The fourth-order valence-corrected chi connectivity index (χ4v) is 2.45. The van der Waals surface area contributed by atoms with Crippen molar-refractivity contribution < 1.29 is 15.0 Å². The number of nitrogens with zero attached hydrogens (tertiary/aromatic N) is 2. The second-order valence-corrected chi connectivity index (χ2v) is 4.80. The number of aromatic carboxylic acids is 1. The number of carboxylic acids is 1. The van der Waals surface area contributed by atoms with E-state index in [0.29, 0.717) is 6.54 Å². The number of carboxylic acid groups (broad SMARTS) is 1. The number of carbonyl (C=O) groups is 1. The van der Waals surface area contributed by atoms with Gasteiger partial charge >= 0.3 is 5.97 Å². The van der Waals surface area contributed by atoms with Crippen LogP contribution in [0, 0.1) is 0 Å². The van der Waals surface area contributed by atoms with E-state index in [2.05, 4.69) is 4.90 Å². The van der Waals surface area contributed by atoms with Gasteiger partial charge in [0.05, 0.1) is 0 Å². The van der Waals surface area contributed by atoms with Crippen molar-refractivity contribution in [1.82, 2.24) is 9.47 Å². The summed E-state index contributed by atoms with van der Waals surface area (Å²) < 4.78 is 1.21. The summed E-state index contributed by atoms with van der Waals surface area (Å²) >= 11 is 0. The van der Waals surface area contributed by atoms with E-state index < -0.39 is 11.5 Å². The van der Waals surface area contributed by atoms with E-state index in [-0.39, 0.29) is 11.4 Å². The van der Waals surface area contributed by atoms with E-state index in [1.165, 1.54) is 17.4 Å². The standard InChI is InChI=1S/C13H18N2O4/c16-10-8-11(13(18)19)15(12(17)9-10)7-3-6-14-4-1-2-5-14/h8-9,16H,1-7H2,(H,18,19). The summed E-state index contributed by atoms with van der Waals surface area (Å²) in [5.41, 5.74) is -0.634. The molecule has 1 aromatic heterocycles. The fourth-order valence-electron chi connectivity index (χ4n) is 2.45. The van der Waals surface area contributed by atoms with Gasteiger partial charge in [-0.1, -0.05) is 0 Å². The number of rotatable bonds is 5. The average Bonchev–Trinajstić information content (AvgIpc) is 2.84. The molecule has 2 heterocycles. The van der Waals surface area contributed by atoms with Gasteiger partial charge in [-0.15, -0.1) is 0 Å². The normalized spacial score (nSPS) is 15.8. The molecule has 1 aliphatic rings. The molecule has 0 saturated carbocycles. The maximum Gasteiger partial charge on any atom is 0.352 e. The molecule has 2 N–H and O–H groups in total. The third-order valence-corrected chi connectivity index (χ3v) is 3.39. The van der Waals surface area contributed by atoms with Crippen LogP contribution in [0.1, 0.15) is 29.8 Å². The number of aromatic nitrogens is 1. The van der Waals surface area contributed by atoms with Gasteiger partial charge in [0.25, 0.3) is 5.56 Å². The minimum atomic E-state index is -1.20. The monoisotopic (exact) mass is 266 g/mol. The maximum absolute atomic E-state index is 11.7. The lowest BCUT2D eigenvalue weighted by Gasteiger charge is -2.15. The van der Waals surface area contributed by atoms with Crippen LogP contribution in [-0.4, -0.2) is 45.3 Å². The Morgan fingerprint density at radius 1 is 1.21 bits per heavy atom. The van der Waals surface area contributed by atoms with E-state index in [9.17, 15) is 14.7 Å². The zero-order valence-corrected chi connectivity index (χ0v) is 10.7. The fraction of sp³-hybridized carbons (Fsp3) is 0.538. The number of likely N-dealkylation sites (tertiary alicyclic amines) is 1. The van der Waals surface area contributed by atoms with E-state index in [4.69, 9.17) is 5.11 Å². The molecule has 6 nitrogen and oxygen atoms in total. The highest BCUT2D eigenvalue weighted by molar-refractivity contribution is 5.86. The van der Waals surface area contributed by atoms with Gasteiger partial charge in [-0.25, -0.2) is 4.79 Å². The van der Waals surface area contributed by atoms with Crippen molar-refractivity contribution in [3.05, 3.63) is 28.2 Å². The second kappa shape index (κ2) is 5.88. The van der Waals surface area contributed by atoms with Crippen LogP contribution in [0.5, 0.6) is 5.75 Å². The van der Waals surface area contributed by atoms with Gasteiger partial charge in [-0.05, 0) is 38.9 Å². The van der Waals surface area contributed by atoms with Crippen molar-refractivity contribution in [3.8, 4) is 5.75 Å². The summed E-state index contributed by atoms with van der Waals surface area (Å²) in [4.78, 5) is 25.1. The molecule has 0 bridgehead atoms. The van der Waals surface area contributed by atoms with Gasteiger partial charge < -0.3 is 19.7 Å². The van der Waals surface area contributed by atoms with E-state index >= 15 is 0 Å². The van der Waals surface area contributed by atoms with Crippen LogP contribution in [0.3, 0.4) is 0 Å². The molecule has 0 amide bonds. The highest BCUT2D eigenvalue weighted by atomic mass is 16.4. The minimum Gasteiger partial charge on any atom is -0.508 e. The topological polar surface area (TPSA) is 82.8 Å². The third-order valence-electron chi connectivity index (χ3n) is 3.39. The summed E-state index contributed by atoms with van der Waals surface area (Å²) in [7, 11) is 0. The Labute approximate surface area is 110 Å². The smallest absolute Gasteiger partial charge is 0.352 e. The van der Waals surface area contributed by atoms with E-state index in [1.54, 1.807) is 0 Å². The summed E-state index contributed by atoms with van der Waals surface area (Å²) in [5.74, 6) is -1.51. The van der Waals surface area contributed by atoms with Crippen molar-refractivity contribution in [1.29, 1.82) is 0 Å². The Hall–Kier alpha value is -1.82. The predicted molar refractivity (Wildman–Crippen MR) is 69.6 cm³/mol. The Morgan fingerprint density at radius 2 is 1.89 bits per heavy atom. The van der Waals surface area contributed by atoms with Crippen LogP contribution < -0.4 is 5.56 Å². The van der Waals surface area contributed by atoms with E-state index in [1.807, 2.05) is 0 Å². The second-order valence-electron chi connectivity index (χ2n) is 4.80. The molecule has 0 unspecified atom stereocenters. The molecule has 6 heteroatoms. The lowest BCUT2D eigenvalue weighted by molar-refractivity contribution is 0.0682. The zero-order chi connectivity index (χ0) is 13.8. The molecule has 19 heavy (non-hydrogen) atoms. The van der Waals surface area contributed by atoms with Crippen molar-refractivity contribution >= 4 is 5.97 Å². The highest BCUT2D eigenvalue weighted by Crippen LogP contribution is 2.10. The molecular weight excluding hydrogens is 248 g/mol. The first-order valence-electron chi connectivity index (χ1n) is 6.47. The Bertz CT molecular complexity index is 518. The first kappa shape index (κ1) is 13.6. The largest absolute Gasteiger partial charge is 0.508 e. The third kappa shape index (κ3) is 3.35. The number of hydrogen-bond donors (Lipinski definition) is 2. The first-order valence-corrected chi connectivity index (χ1v) is 6.47. The molecular formula is C13H18N2O4. The lowest BCUT2D eigenvalue weighted by atomic mass is 10.3. The molecule has 0 atom stereocenters. The van der Waals surface area contributed by atoms with Gasteiger partial charge in [-0.3, -0.25) is 4.79 Å². The van der Waals surface area contributed by atoms with Crippen molar-refractivity contribution in [2.75, 3.05) is 19.6 Å². The predicted octanol–water partition coefficient (Wildman–Crippen LogP) is 0.738. The molecule has 2 rings (SSSR count). The Morgan fingerprint density at radius 3 is 2.53 bits per heavy atom. The first-order chi connectivity index (χ1) is 9.08. The minimum absolute atomic E-state index is 0.161. The molecule has 1 fully saturated rings. The molecule has 0 radical (unpaired) electrons. The van der Waals surface area contributed by atoms with Gasteiger partial charge in [0.1, 0.15) is 11.4 Å². The summed E-state index contributed by atoms with van der Waals surface area (Å²) in [5, 5.41) is 18.3. The lowest BCUT2D eigenvalue weighted by Crippen LogP contribution is -2.28. The molecule has 104 valence electrons. The van der Waals surface area contributed by atoms with Gasteiger partial charge in [0.2, 0.25) is 0 Å². The van der Waals surface area contributed by atoms with Gasteiger partial charge in [0, 0.05) is 18.7 Å². The number of hydrogen-bond acceptors (Lipinski definition) is 4. The molecule has 1 aromatic rings. The zero-order valence-electron chi connectivity index (χ0n) is 10.7. The van der Waals surface area contributed by atoms with Crippen molar-refractivity contribution in [2.45, 2.75) is 25.8 Å². The van der Waals surface area contributed by atoms with Crippen LogP contribution in [-0.2, 0) is 6.54 Å². The Balaban J connectivity index is 2.06. The number of aromatic hydroxyl groups is 1. The molecule has 0 aromatic carbocycles. The summed E-state index contributed by atoms with van der Waals surface area (Å²) in [6.07, 6.45) is 3.14. The van der Waals surface area contributed by atoms with Gasteiger partial charge in [-0.2, -0.15) is 0 Å². The van der Waals surface area contributed by atoms with Crippen LogP contribution in [0.2, 0.25) is 0 Å². The molecule has 1 aliphatic heterocycles. The Kier molecular flexibility index (Phi) is 4.21. The maximum atomic E-state index is 11.7. The average molecular weight is 266 g/mol. The van der Waals surface area contributed by atoms with Crippen LogP contribution in [0.4, 0.5) is 0 Å². The molecule has 0 aliphatic carbocycles. The van der Waals surface area contributed by atoms with Crippen LogP contribution in [0.15, 0.2) is 16.9 Å². The van der Waals surface area contributed by atoms with Crippen molar-refractivity contribution in [2.24, 2.45) is 0 Å². The molecule has 1 saturated heterocycles. The van der Waals surface area contributed by atoms with E-state index in [0.717, 1.165) is 38.2 Å². The van der Waals surface area contributed by atoms with Crippen LogP contribution >= 0.6 is 0 Å². The number of pyridine rings is 1. The quantitative estimate of drug-likeness (QED) is 0.821. The van der Waals surface area contributed by atoms with Crippen LogP contribution in [0.25, 0.3) is 0 Å².